The van der Waals surface area contributed by atoms with E-state index in [-0.39, 0.29) is 5.82 Å². The molecule has 1 nitrogen and oxygen atoms in total. The van der Waals surface area contributed by atoms with Crippen molar-refractivity contribution in [3.05, 3.63) is 34.6 Å². The van der Waals surface area contributed by atoms with Gasteiger partial charge in [-0.1, -0.05) is 24.6 Å². The minimum Gasteiger partial charge on any atom is -0.314 e. The summed E-state index contributed by atoms with van der Waals surface area (Å²) in [7, 11) is 0. The van der Waals surface area contributed by atoms with Crippen molar-refractivity contribution in [2.75, 3.05) is 18.1 Å². The summed E-state index contributed by atoms with van der Waals surface area (Å²) in [4.78, 5) is 0. The standard InChI is InChI=1S/C14H19ClFNS/c1-2-17-14(11-5-6-18-9-11)7-10-3-4-12(16)8-13(10)15/h3-4,8,11,14,17H,2,5-7,9H2,1H3. The van der Waals surface area contributed by atoms with Gasteiger partial charge in [0.25, 0.3) is 0 Å². The molecule has 0 spiro atoms. The lowest BCUT2D eigenvalue weighted by Crippen LogP contribution is -2.38. The zero-order chi connectivity index (χ0) is 13.0. The molecule has 0 amide bonds. The van der Waals surface area contributed by atoms with Crippen LogP contribution in [0.2, 0.25) is 5.02 Å². The number of hydrogen-bond donors (Lipinski definition) is 1. The third-order valence-electron chi connectivity index (χ3n) is 3.46. The van der Waals surface area contributed by atoms with E-state index < -0.39 is 0 Å². The molecule has 18 heavy (non-hydrogen) atoms. The normalized spacial score (nSPS) is 21.2. The van der Waals surface area contributed by atoms with Crippen molar-refractivity contribution in [2.45, 2.75) is 25.8 Å². The second kappa shape index (κ2) is 6.78. The third-order valence-corrected chi connectivity index (χ3v) is 5.00. The maximum Gasteiger partial charge on any atom is 0.124 e. The lowest BCUT2D eigenvalue weighted by atomic mass is 9.93. The molecule has 2 rings (SSSR count). The number of halogens is 2. The Morgan fingerprint density at radius 2 is 2.39 bits per heavy atom. The van der Waals surface area contributed by atoms with Gasteiger partial charge in [0.1, 0.15) is 5.82 Å². The van der Waals surface area contributed by atoms with Gasteiger partial charge in [0.05, 0.1) is 0 Å². The van der Waals surface area contributed by atoms with Crippen LogP contribution in [0.25, 0.3) is 0 Å². The van der Waals surface area contributed by atoms with Gasteiger partial charge in [0, 0.05) is 11.1 Å². The van der Waals surface area contributed by atoms with Crippen LogP contribution in [0.5, 0.6) is 0 Å². The van der Waals surface area contributed by atoms with E-state index in [0.717, 1.165) is 18.5 Å². The van der Waals surface area contributed by atoms with E-state index in [4.69, 9.17) is 11.6 Å². The second-order valence-corrected chi connectivity index (χ2v) is 6.28. The maximum absolute atomic E-state index is 13.0. The molecule has 1 aliphatic rings. The predicted octanol–water partition coefficient (Wildman–Crippen LogP) is 3.75. The number of rotatable bonds is 5. The smallest absolute Gasteiger partial charge is 0.124 e. The van der Waals surface area contributed by atoms with Crippen molar-refractivity contribution in [1.29, 1.82) is 0 Å². The molecule has 1 aromatic rings. The van der Waals surface area contributed by atoms with Gasteiger partial charge in [-0.05, 0) is 54.5 Å². The summed E-state index contributed by atoms with van der Waals surface area (Å²) in [6.07, 6.45) is 2.15. The highest BCUT2D eigenvalue weighted by atomic mass is 35.5. The lowest BCUT2D eigenvalue weighted by molar-refractivity contribution is 0.387. The summed E-state index contributed by atoms with van der Waals surface area (Å²) in [6.45, 7) is 3.09. The largest absolute Gasteiger partial charge is 0.314 e. The molecular weight excluding hydrogens is 269 g/mol. The highest BCUT2D eigenvalue weighted by molar-refractivity contribution is 7.99. The van der Waals surface area contributed by atoms with Crippen LogP contribution in [0.3, 0.4) is 0 Å². The zero-order valence-corrected chi connectivity index (χ0v) is 12.2. The number of nitrogens with one attached hydrogen (secondary N) is 1. The van der Waals surface area contributed by atoms with E-state index in [2.05, 4.69) is 12.2 Å². The average Bonchev–Trinajstić information content (AvgIpc) is 2.85. The predicted molar refractivity (Wildman–Crippen MR) is 78.0 cm³/mol. The molecule has 1 aliphatic heterocycles. The average molecular weight is 288 g/mol. The Morgan fingerprint density at radius 1 is 1.56 bits per heavy atom. The van der Waals surface area contributed by atoms with Crippen molar-refractivity contribution in [3.63, 3.8) is 0 Å². The van der Waals surface area contributed by atoms with Gasteiger partial charge in [-0.3, -0.25) is 0 Å². The Bertz CT molecular complexity index is 393. The fourth-order valence-electron chi connectivity index (χ4n) is 2.46. The van der Waals surface area contributed by atoms with Crippen LogP contribution < -0.4 is 5.32 Å². The Kier molecular flexibility index (Phi) is 5.34. The van der Waals surface area contributed by atoms with Crippen molar-refractivity contribution >= 4 is 23.4 Å². The van der Waals surface area contributed by atoms with Gasteiger partial charge in [0.2, 0.25) is 0 Å². The van der Waals surface area contributed by atoms with Gasteiger partial charge in [-0.25, -0.2) is 4.39 Å². The number of benzene rings is 1. The Morgan fingerprint density at radius 3 is 3.00 bits per heavy atom. The van der Waals surface area contributed by atoms with E-state index in [0.29, 0.717) is 17.0 Å². The topological polar surface area (TPSA) is 12.0 Å². The van der Waals surface area contributed by atoms with Gasteiger partial charge in [-0.2, -0.15) is 11.8 Å². The van der Waals surface area contributed by atoms with E-state index in [1.165, 1.54) is 30.1 Å². The molecule has 2 atom stereocenters. The Labute approximate surface area is 117 Å². The molecule has 1 saturated heterocycles. The molecule has 4 heteroatoms. The lowest BCUT2D eigenvalue weighted by Gasteiger charge is -2.24. The molecule has 0 aliphatic carbocycles. The van der Waals surface area contributed by atoms with Gasteiger partial charge >= 0.3 is 0 Å². The number of likely N-dealkylation sites (N-methyl/N-ethyl adjacent to an activating group) is 1. The van der Waals surface area contributed by atoms with E-state index in [1.54, 1.807) is 0 Å². The van der Waals surface area contributed by atoms with Gasteiger partial charge < -0.3 is 5.32 Å². The fraction of sp³-hybridized carbons (Fsp3) is 0.571. The first-order valence-corrected chi connectivity index (χ1v) is 7.99. The van der Waals surface area contributed by atoms with Crippen LogP contribution in [0.15, 0.2) is 18.2 Å². The van der Waals surface area contributed by atoms with E-state index in [9.17, 15) is 4.39 Å². The summed E-state index contributed by atoms with van der Waals surface area (Å²) in [5.41, 5.74) is 1.04. The first-order chi connectivity index (χ1) is 8.70. The third kappa shape index (κ3) is 3.62. The highest BCUT2D eigenvalue weighted by Gasteiger charge is 2.25. The summed E-state index contributed by atoms with van der Waals surface area (Å²) in [6, 6.07) is 5.16. The summed E-state index contributed by atoms with van der Waals surface area (Å²) in [5, 5.41) is 4.09. The Hall–Kier alpha value is -0.250. The first kappa shape index (κ1) is 14.2. The summed E-state index contributed by atoms with van der Waals surface area (Å²) >= 11 is 8.13. The first-order valence-electron chi connectivity index (χ1n) is 6.45. The molecule has 2 unspecified atom stereocenters. The van der Waals surface area contributed by atoms with Crippen LogP contribution in [-0.2, 0) is 6.42 Å². The van der Waals surface area contributed by atoms with Gasteiger partial charge in [-0.15, -0.1) is 0 Å². The second-order valence-electron chi connectivity index (χ2n) is 4.73. The zero-order valence-electron chi connectivity index (χ0n) is 10.6. The van der Waals surface area contributed by atoms with E-state index >= 15 is 0 Å². The number of thioether (sulfide) groups is 1. The molecule has 1 N–H and O–H groups in total. The quantitative estimate of drug-likeness (QED) is 0.885. The highest BCUT2D eigenvalue weighted by Crippen LogP contribution is 2.29. The molecule has 1 heterocycles. The molecule has 0 bridgehead atoms. The van der Waals surface area contributed by atoms with Crippen molar-refractivity contribution in [3.8, 4) is 0 Å². The minimum absolute atomic E-state index is 0.264. The van der Waals surface area contributed by atoms with Crippen molar-refractivity contribution in [1.82, 2.24) is 5.32 Å². The number of hydrogen-bond acceptors (Lipinski definition) is 2. The molecular formula is C14H19ClFNS. The molecule has 0 saturated carbocycles. The monoisotopic (exact) mass is 287 g/mol. The summed E-state index contributed by atoms with van der Waals surface area (Å²) < 4.78 is 13.0. The molecule has 0 radical (unpaired) electrons. The Balaban J connectivity index is 2.07. The SMILES string of the molecule is CCNC(Cc1ccc(F)cc1Cl)C1CCSC1. The molecule has 100 valence electrons. The van der Waals surface area contributed by atoms with Crippen LogP contribution in [0.4, 0.5) is 4.39 Å². The summed E-state index contributed by atoms with van der Waals surface area (Å²) in [5.74, 6) is 2.91. The molecule has 1 aromatic carbocycles. The van der Waals surface area contributed by atoms with Crippen LogP contribution in [0, 0.1) is 11.7 Å². The molecule has 1 fully saturated rings. The molecule has 0 aromatic heterocycles. The van der Waals surface area contributed by atoms with Crippen LogP contribution in [-0.4, -0.2) is 24.1 Å². The van der Waals surface area contributed by atoms with Gasteiger partial charge in [0.15, 0.2) is 0 Å². The van der Waals surface area contributed by atoms with Crippen LogP contribution >= 0.6 is 23.4 Å². The van der Waals surface area contributed by atoms with E-state index in [1.807, 2.05) is 17.8 Å². The van der Waals surface area contributed by atoms with Crippen molar-refractivity contribution in [2.24, 2.45) is 5.92 Å². The van der Waals surface area contributed by atoms with Crippen LogP contribution in [0.1, 0.15) is 18.9 Å². The maximum atomic E-state index is 13.0. The fourth-order valence-corrected chi connectivity index (χ4v) is 4.04. The van der Waals surface area contributed by atoms with Crippen molar-refractivity contribution < 1.29 is 4.39 Å². The minimum atomic E-state index is -0.264.